The molecule has 31 heavy (non-hydrogen) atoms. The number of para-hydroxylation sites is 2. The molecule has 2 aromatic carbocycles. The zero-order chi connectivity index (χ0) is 21.2. The van der Waals surface area contributed by atoms with E-state index < -0.39 is 0 Å². The van der Waals surface area contributed by atoms with E-state index in [4.69, 9.17) is 9.51 Å². The number of amides is 1. The van der Waals surface area contributed by atoms with E-state index >= 15 is 0 Å². The molecule has 0 saturated carbocycles. The Morgan fingerprint density at radius 3 is 2.71 bits per heavy atom. The Morgan fingerprint density at radius 2 is 1.90 bits per heavy atom. The summed E-state index contributed by atoms with van der Waals surface area (Å²) in [5.41, 5.74) is 3.64. The molecular formula is C23H18N4O2S2. The number of benzene rings is 2. The molecular weight excluding hydrogens is 428 g/mol. The van der Waals surface area contributed by atoms with Gasteiger partial charge in [-0.15, -0.1) is 0 Å². The first-order valence-corrected chi connectivity index (χ1v) is 11.5. The fraction of sp³-hybridized carbons (Fsp3) is 0.130. The molecule has 3 aromatic heterocycles. The van der Waals surface area contributed by atoms with E-state index in [1.807, 2.05) is 72.3 Å². The molecule has 0 aliphatic rings. The zero-order valence-corrected chi connectivity index (χ0v) is 18.3. The Kier molecular flexibility index (Phi) is 5.31. The predicted octanol–water partition coefficient (Wildman–Crippen LogP) is 6.01. The van der Waals surface area contributed by atoms with Crippen molar-refractivity contribution in [3.8, 4) is 11.4 Å². The molecule has 0 aliphatic carbocycles. The summed E-state index contributed by atoms with van der Waals surface area (Å²) in [5, 5.41) is 8.61. The maximum Gasteiger partial charge on any atom is 0.233 e. The highest BCUT2D eigenvalue weighted by molar-refractivity contribution is 7.22. The van der Waals surface area contributed by atoms with Gasteiger partial charge in [-0.25, -0.2) is 4.98 Å². The van der Waals surface area contributed by atoms with Gasteiger partial charge in [-0.05, 0) is 42.1 Å². The molecule has 1 amide bonds. The number of aryl methyl sites for hydroxylation is 2. The second kappa shape index (κ2) is 8.41. The van der Waals surface area contributed by atoms with Gasteiger partial charge in [-0.2, -0.15) is 16.3 Å². The maximum atomic E-state index is 13.4. The first-order valence-electron chi connectivity index (χ1n) is 9.78. The number of rotatable bonds is 6. The van der Waals surface area contributed by atoms with E-state index in [1.165, 1.54) is 11.3 Å². The summed E-state index contributed by atoms with van der Waals surface area (Å²) in [6, 6.07) is 17.7. The molecule has 8 heteroatoms. The van der Waals surface area contributed by atoms with Gasteiger partial charge in [0.15, 0.2) is 5.13 Å². The molecule has 5 rings (SSSR count). The summed E-state index contributed by atoms with van der Waals surface area (Å²) in [6.45, 7) is 1.99. The summed E-state index contributed by atoms with van der Waals surface area (Å²) in [5.74, 6) is 0.929. The van der Waals surface area contributed by atoms with Gasteiger partial charge in [0.2, 0.25) is 17.6 Å². The van der Waals surface area contributed by atoms with Crippen LogP contribution in [0.1, 0.15) is 17.9 Å². The van der Waals surface area contributed by atoms with Crippen molar-refractivity contribution in [2.75, 3.05) is 4.90 Å². The van der Waals surface area contributed by atoms with Crippen LogP contribution < -0.4 is 4.90 Å². The standard InChI is InChI=1S/C23H18N4O2S2/c1-15-6-2-4-8-18(15)27(23-24-17-7-3-5-9-19(17)31-23)21(28)11-10-20-25-22(26-29-20)16-12-13-30-14-16/h2-9,12-14H,10-11H2,1H3. The minimum Gasteiger partial charge on any atom is -0.339 e. The minimum atomic E-state index is -0.0661. The van der Waals surface area contributed by atoms with Crippen LogP contribution in [0.4, 0.5) is 10.8 Å². The molecule has 0 unspecified atom stereocenters. The number of carbonyl (C=O) groups is 1. The van der Waals surface area contributed by atoms with E-state index in [-0.39, 0.29) is 12.3 Å². The number of hydrogen-bond donors (Lipinski definition) is 0. The van der Waals surface area contributed by atoms with Crippen molar-refractivity contribution in [1.29, 1.82) is 0 Å². The highest BCUT2D eigenvalue weighted by Gasteiger charge is 2.23. The summed E-state index contributed by atoms with van der Waals surface area (Å²) >= 11 is 3.08. The molecule has 0 spiro atoms. The van der Waals surface area contributed by atoms with Crippen LogP contribution >= 0.6 is 22.7 Å². The van der Waals surface area contributed by atoms with E-state index in [1.54, 1.807) is 16.2 Å². The van der Waals surface area contributed by atoms with E-state index in [2.05, 4.69) is 10.1 Å². The smallest absolute Gasteiger partial charge is 0.233 e. The average molecular weight is 447 g/mol. The summed E-state index contributed by atoms with van der Waals surface area (Å²) in [7, 11) is 0. The highest BCUT2D eigenvalue weighted by atomic mass is 32.1. The number of nitrogens with zero attached hydrogens (tertiary/aromatic N) is 4. The number of aromatic nitrogens is 3. The summed E-state index contributed by atoms with van der Waals surface area (Å²) in [4.78, 5) is 24.2. The Bertz CT molecular complexity index is 1310. The van der Waals surface area contributed by atoms with Gasteiger partial charge < -0.3 is 4.52 Å². The van der Waals surface area contributed by atoms with Crippen molar-refractivity contribution in [2.24, 2.45) is 0 Å². The fourth-order valence-corrected chi connectivity index (χ4v) is 4.94. The van der Waals surface area contributed by atoms with Crippen molar-refractivity contribution in [1.82, 2.24) is 15.1 Å². The molecule has 6 nitrogen and oxygen atoms in total. The predicted molar refractivity (Wildman–Crippen MR) is 124 cm³/mol. The summed E-state index contributed by atoms with van der Waals surface area (Å²) < 4.78 is 6.40. The lowest BCUT2D eigenvalue weighted by atomic mass is 10.1. The Labute approximate surface area is 186 Å². The van der Waals surface area contributed by atoms with Gasteiger partial charge in [0, 0.05) is 23.8 Å². The van der Waals surface area contributed by atoms with Crippen LogP contribution in [-0.4, -0.2) is 21.0 Å². The van der Waals surface area contributed by atoms with Gasteiger partial charge in [-0.3, -0.25) is 9.69 Å². The SMILES string of the molecule is Cc1ccccc1N(C(=O)CCc1nc(-c2ccsc2)no1)c1nc2ccccc2s1. The van der Waals surface area contributed by atoms with Crippen LogP contribution in [0.3, 0.4) is 0 Å². The van der Waals surface area contributed by atoms with E-state index in [0.29, 0.717) is 23.3 Å². The third-order valence-electron chi connectivity index (χ3n) is 4.88. The molecule has 0 saturated heterocycles. The van der Waals surface area contributed by atoms with Crippen LogP contribution in [0.2, 0.25) is 0 Å². The summed E-state index contributed by atoms with van der Waals surface area (Å²) in [6.07, 6.45) is 0.596. The molecule has 3 heterocycles. The van der Waals surface area contributed by atoms with Gasteiger partial charge in [0.1, 0.15) is 0 Å². The Balaban J connectivity index is 1.42. The van der Waals surface area contributed by atoms with Gasteiger partial charge in [-0.1, -0.05) is 46.8 Å². The number of fused-ring (bicyclic) bond motifs is 1. The normalized spacial score (nSPS) is 11.1. The third-order valence-corrected chi connectivity index (χ3v) is 6.58. The number of hydrogen-bond acceptors (Lipinski definition) is 7. The van der Waals surface area contributed by atoms with Crippen molar-refractivity contribution in [2.45, 2.75) is 19.8 Å². The fourth-order valence-electron chi connectivity index (χ4n) is 3.31. The van der Waals surface area contributed by atoms with Crippen LogP contribution in [0.5, 0.6) is 0 Å². The lowest BCUT2D eigenvalue weighted by molar-refractivity contribution is -0.118. The van der Waals surface area contributed by atoms with Crippen LogP contribution in [0.15, 0.2) is 69.9 Å². The second-order valence-electron chi connectivity index (χ2n) is 7.00. The first-order chi connectivity index (χ1) is 15.2. The number of thiophene rings is 1. The number of anilines is 2. The van der Waals surface area contributed by atoms with E-state index in [0.717, 1.165) is 27.0 Å². The molecule has 154 valence electrons. The Hall–Kier alpha value is -3.36. The van der Waals surface area contributed by atoms with Crippen molar-refractivity contribution in [3.05, 3.63) is 76.8 Å². The first kappa shape index (κ1) is 19.6. The van der Waals surface area contributed by atoms with Gasteiger partial charge >= 0.3 is 0 Å². The van der Waals surface area contributed by atoms with Crippen molar-refractivity contribution in [3.63, 3.8) is 0 Å². The van der Waals surface area contributed by atoms with Crippen molar-refractivity contribution < 1.29 is 9.32 Å². The number of carbonyl (C=O) groups excluding carboxylic acids is 1. The minimum absolute atomic E-state index is 0.0661. The zero-order valence-electron chi connectivity index (χ0n) is 16.7. The molecule has 0 fully saturated rings. The lowest BCUT2D eigenvalue weighted by Gasteiger charge is -2.21. The topological polar surface area (TPSA) is 72.1 Å². The van der Waals surface area contributed by atoms with Crippen LogP contribution in [0.25, 0.3) is 21.6 Å². The van der Waals surface area contributed by atoms with Crippen molar-refractivity contribution >= 4 is 49.6 Å². The third kappa shape index (κ3) is 3.99. The van der Waals surface area contributed by atoms with Gasteiger partial charge in [0.05, 0.1) is 15.9 Å². The molecule has 0 N–H and O–H groups in total. The Morgan fingerprint density at radius 1 is 1.06 bits per heavy atom. The largest absolute Gasteiger partial charge is 0.339 e. The molecule has 0 radical (unpaired) electrons. The number of thiazole rings is 1. The quantitative estimate of drug-likeness (QED) is 0.319. The molecule has 0 atom stereocenters. The average Bonchev–Trinajstić information content (AvgIpc) is 3.53. The molecule has 0 aliphatic heterocycles. The van der Waals surface area contributed by atoms with E-state index in [9.17, 15) is 4.79 Å². The monoisotopic (exact) mass is 446 g/mol. The molecule has 5 aromatic rings. The van der Waals surface area contributed by atoms with Crippen LogP contribution in [0, 0.1) is 6.92 Å². The van der Waals surface area contributed by atoms with Gasteiger partial charge in [0.25, 0.3) is 0 Å². The maximum absolute atomic E-state index is 13.4. The second-order valence-corrected chi connectivity index (χ2v) is 8.79. The molecule has 0 bridgehead atoms. The van der Waals surface area contributed by atoms with Crippen LogP contribution in [-0.2, 0) is 11.2 Å². The highest BCUT2D eigenvalue weighted by Crippen LogP contribution is 2.35. The lowest BCUT2D eigenvalue weighted by Crippen LogP contribution is -2.26.